The van der Waals surface area contributed by atoms with E-state index in [4.69, 9.17) is 5.26 Å². The molecule has 0 saturated heterocycles. The molecule has 4 heteroatoms. The maximum absolute atomic E-state index is 11.9. The molecule has 0 aromatic heterocycles. The molecule has 1 aromatic rings. The predicted octanol–water partition coefficient (Wildman–Crippen LogP) is 1.78. The molecule has 1 unspecified atom stereocenters. The van der Waals surface area contributed by atoms with E-state index in [0.717, 1.165) is 5.69 Å². The quantitative estimate of drug-likeness (QED) is 0.859. The van der Waals surface area contributed by atoms with Gasteiger partial charge in [-0.3, -0.25) is 4.79 Å². The molecule has 0 aliphatic rings. The summed E-state index contributed by atoms with van der Waals surface area (Å²) in [5.41, 5.74) is 1.59. The molecule has 1 atom stereocenters. The minimum Gasteiger partial charge on any atom is -0.378 e. The average molecular weight is 231 g/mol. The lowest BCUT2D eigenvalue weighted by Gasteiger charge is -2.14. The van der Waals surface area contributed by atoms with Crippen LogP contribution in [0.15, 0.2) is 24.3 Å². The molecule has 1 aromatic carbocycles. The van der Waals surface area contributed by atoms with Crippen LogP contribution in [0.2, 0.25) is 0 Å². The molecule has 0 radical (unpaired) electrons. The summed E-state index contributed by atoms with van der Waals surface area (Å²) in [6.07, 6.45) is 0.319. The molecule has 0 bridgehead atoms. The van der Waals surface area contributed by atoms with Gasteiger partial charge in [0.2, 0.25) is 0 Å². The van der Waals surface area contributed by atoms with Crippen LogP contribution in [-0.2, 0) is 0 Å². The number of benzene rings is 1. The normalized spacial score (nSPS) is 11.4. The Bertz CT molecular complexity index is 435. The molecule has 4 nitrogen and oxygen atoms in total. The van der Waals surface area contributed by atoms with Crippen LogP contribution in [0.3, 0.4) is 0 Å². The van der Waals surface area contributed by atoms with E-state index in [-0.39, 0.29) is 11.9 Å². The van der Waals surface area contributed by atoms with Gasteiger partial charge in [-0.2, -0.15) is 5.26 Å². The number of carbonyl (C=O) groups excluding carboxylic acids is 1. The maximum atomic E-state index is 11.9. The fraction of sp³-hybridized carbons (Fsp3) is 0.385. The van der Waals surface area contributed by atoms with Crippen LogP contribution in [-0.4, -0.2) is 26.0 Å². The Labute approximate surface area is 102 Å². The van der Waals surface area contributed by atoms with Crippen molar-refractivity contribution in [3.8, 4) is 6.07 Å². The summed E-state index contributed by atoms with van der Waals surface area (Å²) >= 11 is 0. The van der Waals surface area contributed by atoms with Gasteiger partial charge in [0.05, 0.1) is 12.5 Å². The first-order chi connectivity index (χ1) is 8.04. The predicted molar refractivity (Wildman–Crippen MR) is 67.9 cm³/mol. The van der Waals surface area contributed by atoms with Gasteiger partial charge >= 0.3 is 0 Å². The van der Waals surface area contributed by atoms with E-state index in [1.54, 1.807) is 6.07 Å². The third-order valence-corrected chi connectivity index (χ3v) is 2.40. The molecule has 0 heterocycles. The average Bonchev–Trinajstić information content (AvgIpc) is 2.29. The van der Waals surface area contributed by atoms with Gasteiger partial charge in [-0.15, -0.1) is 0 Å². The summed E-state index contributed by atoms with van der Waals surface area (Å²) in [6, 6.07) is 9.28. The van der Waals surface area contributed by atoms with Gasteiger partial charge in [0.25, 0.3) is 5.91 Å². The zero-order chi connectivity index (χ0) is 12.8. The highest BCUT2D eigenvalue weighted by Crippen LogP contribution is 2.13. The molecule has 0 spiro atoms. The molecule has 1 N–H and O–H groups in total. The topological polar surface area (TPSA) is 56.1 Å². The number of nitriles is 1. The summed E-state index contributed by atoms with van der Waals surface area (Å²) < 4.78 is 0. The SMILES string of the molecule is CC(CC#N)NC(=O)c1cccc(N(C)C)c1. The zero-order valence-electron chi connectivity index (χ0n) is 10.4. The second-order valence-corrected chi connectivity index (χ2v) is 4.18. The molecule has 1 amide bonds. The first kappa shape index (κ1) is 13.0. The first-order valence-electron chi connectivity index (χ1n) is 5.49. The summed E-state index contributed by atoms with van der Waals surface area (Å²) in [5, 5.41) is 11.3. The van der Waals surface area contributed by atoms with Crippen molar-refractivity contribution in [1.82, 2.24) is 5.32 Å². The van der Waals surface area contributed by atoms with Crippen LogP contribution < -0.4 is 10.2 Å². The standard InChI is InChI=1S/C13H17N3O/c1-10(7-8-14)15-13(17)11-5-4-6-12(9-11)16(2)3/h4-6,9-10H,7H2,1-3H3,(H,15,17). The monoisotopic (exact) mass is 231 g/mol. The van der Waals surface area contributed by atoms with Crippen LogP contribution in [0.25, 0.3) is 0 Å². The van der Waals surface area contributed by atoms with Crippen molar-refractivity contribution in [2.75, 3.05) is 19.0 Å². The number of hydrogen-bond donors (Lipinski definition) is 1. The van der Waals surface area contributed by atoms with Gasteiger partial charge in [0.1, 0.15) is 0 Å². The van der Waals surface area contributed by atoms with Crippen LogP contribution in [0.1, 0.15) is 23.7 Å². The number of nitrogens with zero attached hydrogens (tertiary/aromatic N) is 2. The van der Waals surface area contributed by atoms with Crippen molar-refractivity contribution >= 4 is 11.6 Å². The van der Waals surface area contributed by atoms with Crippen LogP contribution in [0.4, 0.5) is 5.69 Å². The number of rotatable bonds is 4. The highest BCUT2D eigenvalue weighted by atomic mass is 16.1. The summed E-state index contributed by atoms with van der Waals surface area (Å²) in [5.74, 6) is -0.142. The van der Waals surface area contributed by atoms with Crippen LogP contribution in [0, 0.1) is 11.3 Å². The van der Waals surface area contributed by atoms with E-state index in [2.05, 4.69) is 5.32 Å². The van der Waals surface area contributed by atoms with Crippen molar-refractivity contribution < 1.29 is 4.79 Å². The number of carbonyl (C=O) groups is 1. The van der Waals surface area contributed by atoms with Crippen molar-refractivity contribution in [3.05, 3.63) is 29.8 Å². The minimum atomic E-state index is -0.142. The Balaban J connectivity index is 2.76. The van der Waals surface area contributed by atoms with Crippen LogP contribution in [0.5, 0.6) is 0 Å². The van der Waals surface area contributed by atoms with Crippen molar-refractivity contribution in [1.29, 1.82) is 5.26 Å². The maximum Gasteiger partial charge on any atom is 0.251 e. The van der Waals surface area contributed by atoms with E-state index in [9.17, 15) is 4.79 Å². The summed E-state index contributed by atoms with van der Waals surface area (Å²) in [7, 11) is 3.85. The van der Waals surface area contributed by atoms with E-state index < -0.39 is 0 Å². The highest BCUT2D eigenvalue weighted by molar-refractivity contribution is 5.95. The molecule has 1 rings (SSSR count). The summed E-state index contributed by atoms with van der Waals surface area (Å²) in [4.78, 5) is 13.8. The Morgan fingerprint density at radius 3 is 2.82 bits per heavy atom. The largest absolute Gasteiger partial charge is 0.378 e. The number of anilines is 1. The number of nitrogens with one attached hydrogen (secondary N) is 1. The number of hydrogen-bond acceptors (Lipinski definition) is 3. The van der Waals surface area contributed by atoms with E-state index in [0.29, 0.717) is 12.0 Å². The third kappa shape index (κ3) is 3.80. The molecular weight excluding hydrogens is 214 g/mol. The minimum absolute atomic E-state index is 0.129. The van der Waals surface area contributed by atoms with E-state index >= 15 is 0 Å². The lowest BCUT2D eigenvalue weighted by Crippen LogP contribution is -2.32. The Morgan fingerprint density at radius 2 is 2.24 bits per heavy atom. The molecule has 0 saturated carbocycles. The van der Waals surface area contributed by atoms with Gasteiger partial charge in [0, 0.05) is 31.4 Å². The molecule has 0 aliphatic heterocycles. The lowest BCUT2D eigenvalue weighted by molar-refractivity contribution is 0.0941. The van der Waals surface area contributed by atoms with E-state index in [1.165, 1.54) is 0 Å². The third-order valence-electron chi connectivity index (χ3n) is 2.40. The first-order valence-corrected chi connectivity index (χ1v) is 5.49. The smallest absolute Gasteiger partial charge is 0.251 e. The van der Waals surface area contributed by atoms with Gasteiger partial charge in [0.15, 0.2) is 0 Å². The Hall–Kier alpha value is -2.02. The van der Waals surface area contributed by atoms with E-state index in [1.807, 2.05) is 50.2 Å². The van der Waals surface area contributed by atoms with Crippen molar-refractivity contribution in [3.63, 3.8) is 0 Å². The van der Waals surface area contributed by atoms with Crippen LogP contribution >= 0.6 is 0 Å². The van der Waals surface area contributed by atoms with Crippen molar-refractivity contribution in [2.45, 2.75) is 19.4 Å². The van der Waals surface area contributed by atoms with Gasteiger partial charge < -0.3 is 10.2 Å². The molecular formula is C13H17N3O. The van der Waals surface area contributed by atoms with Crippen molar-refractivity contribution in [2.24, 2.45) is 0 Å². The zero-order valence-corrected chi connectivity index (χ0v) is 10.4. The molecule has 0 fully saturated rings. The fourth-order valence-corrected chi connectivity index (χ4v) is 1.42. The molecule has 17 heavy (non-hydrogen) atoms. The van der Waals surface area contributed by atoms with Gasteiger partial charge in [-0.25, -0.2) is 0 Å². The number of amides is 1. The Morgan fingerprint density at radius 1 is 1.53 bits per heavy atom. The summed E-state index contributed by atoms with van der Waals surface area (Å²) in [6.45, 7) is 1.82. The fourth-order valence-electron chi connectivity index (χ4n) is 1.42. The lowest BCUT2D eigenvalue weighted by atomic mass is 10.1. The van der Waals surface area contributed by atoms with Gasteiger partial charge in [-0.1, -0.05) is 6.07 Å². The Kier molecular flexibility index (Phi) is 4.53. The second kappa shape index (κ2) is 5.90. The molecule has 90 valence electrons. The van der Waals surface area contributed by atoms with Gasteiger partial charge in [-0.05, 0) is 25.1 Å². The highest BCUT2D eigenvalue weighted by Gasteiger charge is 2.10. The molecule has 0 aliphatic carbocycles. The second-order valence-electron chi connectivity index (χ2n) is 4.18.